The third kappa shape index (κ3) is 2.21. The number of carbonyl (C=O) groups excluding carboxylic acids is 1. The zero-order valence-electron chi connectivity index (χ0n) is 8.38. The van der Waals surface area contributed by atoms with E-state index in [1.54, 1.807) is 20.9 Å². The third-order valence-electron chi connectivity index (χ3n) is 1.63. The van der Waals surface area contributed by atoms with E-state index in [2.05, 4.69) is 15.2 Å². The van der Waals surface area contributed by atoms with E-state index in [1.165, 1.54) is 11.5 Å². The number of anilines is 1. The van der Waals surface area contributed by atoms with E-state index in [9.17, 15) is 4.79 Å². The van der Waals surface area contributed by atoms with Gasteiger partial charge in [0.2, 0.25) is 0 Å². The summed E-state index contributed by atoms with van der Waals surface area (Å²) in [7, 11) is 1.75. The molecule has 0 fully saturated rings. The summed E-state index contributed by atoms with van der Waals surface area (Å²) in [4.78, 5) is 16.4. The predicted octanol–water partition coefficient (Wildman–Crippen LogP) is 1.17. The van der Waals surface area contributed by atoms with E-state index in [1.807, 2.05) is 0 Å². The number of aryl methyl sites for hydroxylation is 1. The first kappa shape index (κ1) is 10.9. The van der Waals surface area contributed by atoms with Gasteiger partial charge in [-0.1, -0.05) is 0 Å². The number of hydroxylamine groups is 1. The number of aromatic nitrogens is 1. The second kappa shape index (κ2) is 4.92. The Morgan fingerprint density at radius 1 is 1.64 bits per heavy atom. The monoisotopic (exact) mass is 215 g/mol. The molecule has 1 amide bonds. The van der Waals surface area contributed by atoms with Crippen molar-refractivity contribution in [3.05, 3.63) is 11.3 Å². The summed E-state index contributed by atoms with van der Waals surface area (Å²) < 4.78 is 4.08. The van der Waals surface area contributed by atoms with Crippen LogP contribution >= 0.6 is 11.5 Å². The standard InChI is InChI=1S/C8H13N3O2S/c1-4-13-10-7(12)6-5(2)11-14-8(6)9-3/h9H,4H2,1-3H3,(H,10,12). The van der Waals surface area contributed by atoms with Crippen LogP contribution in [0.2, 0.25) is 0 Å². The molecule has 0 atom stereocenters. The van der Waals surface area contributed by atoms with Gasteiger partial charge in [-0.05, 0) is 25.4 Å². The average molecular weight is 215 g/mol. The molecule has 1 heterocycles. The zero-order chi connectivity index (χ0) is 10.6. The molecule has 0 aliphatic rings. The second-order valence-electron chi connectivity index (χ2n) is 2.59. The van der Waals surface area contributed by atoms with Crippen LogP contribution in [0.15, 0.2) is 0 Å². The lowest BCUT2D eigenvalue weighted by molar-refractivity contribution is 0.0365. The van der Waals surface area contributed by atoms with Gasteiger partial charge in [-0.3, -0.25) is 9.63 Å². The Kier molecular flexibility index (Phi) is 3.84. The van der Waals surface area contributed by atoms with E-state index in [0.717, 1.165) is 5.00 Å². The molecule has 6 heteroatoms. The average Bonchev–Trinajstić information content (AvgIpc) is 2.56. The first-order chi connectivity index (χ1) is 6.70. The molecule has 1 rings (SSSR count). The smallest absolute Gasteiger partial charge is 0.279 e. The van der Waals surface area contributed by atoms with Gasteiger partial charge in [0.05, 0.1) is 17.9 Å². The summed E-state index contributed by atoms with van der Waals surface area (Å²) in [5.74, 6) is -0.262. The van der Waals surface area contributed by atoms with Crippen molar-refractivity contribution in [1.29, 1.82) is 0 Å². The number of carbonyl (C=O) groups is 1. The lowest BCUT2D eigenvalue weighted by Gasteiger charge is -2.04. The van der Waals surface area contributed by atoms with Crippen LogP contribution in [0, 0.1) is 6.92 Å². The Bertz CT molecular complexity index is 324. The highest BCUT2D eigenvalue weighted by molar-refractivity contribution is 7.10. The van der Waals surface area contributed by atoms with Gasteiger partial charge in [0.1, 0.15) is 5.00 Å². The molecular formula is C8H13N3O2S. The molecule has 0 aliphatic heterocycles. The van der Waals surface area contributed by atoms with Crippen molar-refractivity contribution in [2.75, 3.05) is 19.0 Å². The first-order valence-electron chi connectivity index (χ1n) is 4.26. The van der Waals surface area contributed by atoms with Gasteiger partial charge in [0.15, 0.2) is 0 Å². The number of amides is 1. The van der Waals surface area contributed by atoms with Crippen LogP contribution in [-0.2, 0) is 4.84 Å². The number of rotatable bonds is 4. The Hall–Kier alpha value is -1.14. The summed E-state index contributed by atoms with van der Waals surface area (Å²) in [5, 5.41) is 3.66. The molecule has 0 aliphatic carbocycles. The van der Waals surface area contributed by atoms with Gasteiger partial charge >= 0.3 is 0 Å². The van der Waals surface area contributed by atoms with Crippen LogP contribution in [0.3, 0.4) is 0 Å². The molecular weight excluding hydrogens is 202 g/mol. The third-order valence-corrected chi connectivity index (χ3v) is 2.58. The highest BCUT2D eigenvalue weighted by Crippen LogP contribution is 2.23. The van der Waals surface area contributed by atoms with Crippen LogP contribution < -0.4 is 10.8 Å². The molecule has 1 aromatic rings. The lowest BCUT2D eigenvalue weighted by Crippen LogP contribution is -2.24. The Morgan fingerprint density at radius 2 is 2.36 bits per heavy atom. The van der Waals surface area contributed by atoms with Gasteiger partial charge < -0.3 is 5.32 Å². The lowest BCUT2D eigenvalue weighted by atomic mass is 10.2. The maximum absolute atomic E-state index is 11.6. The largest absolute Gasteiger partial charge is 0.378 e. The minimum atomic E-state index is -0.262. The summed E-state index contributed by atoms with van der Waals surface area (Å²) >= 11 is 1.26. The van der Waals surface area contributed by atoms with Gasteiger partial charge in [0, 0.05) is 7.05 Å². The highest BCUT2D eigenvalue weighted by Gasteiger charge is 2.17. The molecule has 2 N–H and O–H groups in total. The fourth-order valence-electron chi connectivity index (χ4n) is 0.997. The summed E-state index contributed by atoms with van der Waals surface area (Å²) in [6.07, 6.45) is 0. The molecule has 0 unspecified atom stereocenters. The van der Waals surface area contributed by atoms with Gasteiger partial charge in [-0.2, -0.15) is 4.37 Å². The summed E-state index contributed by atoms with van der Waals surface area (Å²) in [5.41, 5.74) is 3.59. The molecule has 0 radical (unpaired) electrons. The van der Waals surface area contributed by atoms with E-state index < -0.39 is 0 Å². The Balaban J connectivity index is 2.82. The first-order valence-corrected chi connectivity index (χ1v) is 5.04. The van der Waals surface area contributed by atoms with Crippen molar-refractivity contribution in [3.8, 4) is 0 Å². The van der Waals surface area contributed by atoms with Gasteiger partial charge in [0.25, 0.3) is 5.91 Å². The quantitative estimate of drug-likeness (QED) is 0.740. The van der Waals surface area contributed by atoms with Crippen molar-refractivity contribution in [2.24, 2.45) is 0 Å². The molecule has 5 nitrogen and oxygen atoms in total. The van der Waals surface area contributed by atoms with Crippen molar-refractivity contribution in [1.82, 2.24) is 9.85 Å². The van der Waals surface area contributed by atoms with Crippen LogP contribution in [0.5, 0.6) is 0 Å². The van der Waals surface area contributed by atoms with Gasteiger partial charge in [-0.25, -0.2) is 5.48 Å². The van der Waals surface area contributed by atoms with E-state index >= 15 is 0 Å². The SMILES string of the molecule is CCONC(=O)c1c(C)nsc1NC. The summed E-state index contributed by atoms with van der Waals surface area (Å²) in [6, 6.07) is 0. The van der Waals surface area contributed by atoms with E-state index in [-0.39, 0.29) is 5.91 Å². The highest BCUT2D eigenvalue weighted by atomic mass is 32.1. The number of nitrogens with one attached hydrogen (secondary N) is 2. The zero-order valence-corrected chi connectivity index (χ0v) is 9.20. The van der Waals surface area contributed by atoms with Crippen molar-refractivity contribution >= 4 is 22.4 Å². The van der Waals surface area contributed by atoms with Crippen molar-refractivity contribution in [2.45, 2.75) is 13.8 Å². The molecule has 1 aromatic heterocycles. The molecule has 0 spiro atoms. The predicted molar refractivity (Wildman–Crippen MR) is 55.5 cm³/mol. The Labute approximate surface area is 86.6 Å². The minimum Gasteiger partial charge on any atom is -0.378 e. The molecule has 78 valence electrons. The van der Waals surface area contributed by atoms with Crippen molar-refractivity contribution in [3.63, 3.8) is 0 Å². The molecule has 0 saturated heterocycles. The van der Waals surface area contributed by atoms with Crippen molar-refractivity contribution < 1.29 is 9.63 Å². The fraction of sp³-hybridized carbons (Fsp3) is 0.500. The fourth-order valence-corrected chi connectivity index (χ4v) is 1.74. The normalized spacial score (nSPS) is 9.93. The second-order valence-corrected chi connectivity index (χ2v) is 3.36. The molecule has 0 saturated carbocycles. The van der Waals surface area contributed by atoms with E-state index in [0.29, 0.717) is 17.9 Å². The Morgan fingerprint density at radius 3 is 2.93 bits per heavy atom. The molecule has 0 bridgehead atoms. The molecule has 14 heavy (non-hydrogen) atoms. The van der Waals surface area contributed by atoms with Gasteiger partial charge in [-0.15, -0.1) is 0 Å². The maximum atomic E-state index is 11.6. The number of hydrogen-bond acceptors (Lipinski definition) is 5. The van der Waals surface area contributed by atoms with Crippen LogP contribution in [0.1, 0.15) is 23.0 Å². The van der Waals surface area contributed by atoms with Crippen LogP contribution in [0.4, 0.5) is 5.00 Å². The number of nitrogens with zero attached hydrogens (tertiary/aromatic N) is 1. The maximum Gasteiger partial charge on any atom is 0.279 e. The van der Waals surface area contributed by atoms with Crippen LogP contribution in [-0.4, -0.2) is 23.9 Å². The number of hydrogen-bond donors (Lipinski definition) is 2. The van der Waals surface area contributed by atoms with Crippen LogP contribution in [0.25, 0.3) is 0 Å². The van der Waals surface area contributed by atoms with E-state index in [4.69, 9.17) is 4.84 Å². The minimum absolute atomic E-state index is 0.262. The topological polar surface area (TPSA) is 63.2 Å². The molecule has 0 aromatic carbocycles. The summed E-state index contributed by atoms with van der Waals surface area (Å²) in [6.45, 7) is 4.04.